The Morgan fingerprint density at radius 1 is 1.20 bits per heavy atom. The summed E-state index contributed by atoms with van der Waals surface area (Å²) in [5.74, 6) is -1.26. The number of rotatable bonds is 1. The van der Waals surface area contributed by atoms with E-state index >= 15 is 0 Å². The molecule has 0 bridgehead atoms. The number of aromatic nitrogens is 1. The molecule has 1 nitrogen and oxygen atoms in total. The van der Waals surface area contributed by atoms with E-state index in [2.05, 4.69) is 4.98 Å². The molecular weight excluding hydrogens is 196 g/mol. The van der Waals surface area contributed by atoms with Crippen LogP contribution in [0.3, 0.4) is 0 Å². The third-order valence-electron chi connectivity index (χ3n) is 2.03. The van der Waals surface area contributed by atoms with E-state index in [0.29, 0.717) is 5.69 Å². The molecule has 0 atom stereocenters. The highest BCUT2D eigenvalue weighted by Crippen LogP contribution is 2.21. The molecule has 1 aromatic heterocycles. The van der Waals surface area contributed by atoms with Crippen molar-refractivity contribution in [3.63, 3.8) is 0 Å². The molecule has 0 unspecified atom stereocenters. The summed E-state index contributed by atoms with van der Waals surface area (Å²) in [6.07, 6.45) is 1.52. The van der Waals surface area contributed by atoms with Crippen LogP contribution in [0, 0.1) is 18.5 Å². The number of halogens is 2. The molecule has 0 amide bonds. The predicted octanol–water partition coefficient (Wildman–Crippen LogP) is 3.34. The molecule has 2 rings (SSSR count). The van der Waals surface area contributed by atoms with Crippen molar-refractivity contribution in [3.8, 4) is 11.3 Å². The van der Waals surface area contributed by atoms with Crippen molar-refractivity contribution in [2.24, 2.45) is 0 Å². The first-order valence-electron chi connectivity index (χ1n) is 5.11. The first-order valence-corrected chi connectivity index (χ1v) is 4.40. The van der Waals surface area contributed by atoms with Gasteiger partial charge in [0.2, 0.25) is 0 Å². The average molecular weight is 206 g/mol. The minimum absolute atomic E-state index is 0.109. The number of benzene rings is 1. The van der Waals surface area contributed by atoms with Crippen molar-refractivity contribution in [2.45, 2.75) is 6.90 Å². The Bertz CT molecular complexity index is 514. The average Bonchev–Trinajstić information content (AvgIpc) is 2.29. The smallest absolute Gasteiger partial charge is 0.135 e. The largest absolute Gasteiger partial charge is 0.256 e. The summed E-state index contributed by atoms with van der Waals surface area (Å²) in [7, 11) is 0. The van der Waals surface area contributed by atoms with Crippen LogP contribution in [0.25, 0.3) is 11.3 Å². The first kappa shape index (κ1) is 8.53. The summed E-state index contributed by atoms with van der Waals surface area (Å²) < 4.78 is 33.4. The van der Waals surface area contributed by atoms with Gasteiger partial charge in [-0.1, -0.05) is 0 Å². The molecule has 0 saturated heterocycles. The fourth-order valence-electron chi connectivity index (χ4n) is 1.32. The van der Waals surface area contributed by atoms with Crippen LogP contribution in [0.2, 0.25) is 0 Å². The molecule has 1 aromatic carbocycles. The van der Waals surface area contributed by atoms with E-state index in [-0.39, 0.29) is 12.5 Å². The van der Waals surface area contributed by atoms with E-state index in [0.717, 1.165) is 11.6 Å². The maximum atomic E-state index is 13.4. The van der Waals surface area contributed by atoms with Crippen molar-refractivity contribution in [3.05, 3.63) is 53.7 Å². The van der Waals surface area contributed by atoms with Crippen molar-refractivity contribution in [1.29, 1.82) is 0 Å². The second-order valence-corrected chi connectivity index (χ2v) is 3.17. The SMILES string of the molecule is [2H]Cc1ccnc(-c2ccc(F)cc2F)c1. The van der Waals surface area contributed by atoms with Gasteiger partial charge in [0.05, 0.1) is 5.69 Å². The molecule has 0 N–H and O–H groups in total. The van der Waals surface area contributed by atoms with E-state index in [4.69, 9.17) is 1.37 Å². The summed E-state index contributed by atoms with van der Waals surface area (Å²) in [5, 5.41) is 0. The van der Waals surface area contributed by atoms with Crippen LogP contribution in [0.4, 0.5) is 8.78 Å². The maximum Gasteiger partial charge on any atom is 0.135 e. The topological polar surface area (TPSA) is 12.9 Å². The van der Waals surface area contributed by atoms with Crippen molar-refractivity contribution < 1.29 is 10.2 Å². The van der Waals surface area contributed by atoms with Crippen LogP contribution >= 0.6 is 0 Å². The summed E-state index contributed by atoms with van der Waals surface area (Å²) in [4.78, 5) is 4.00. The van der Waals surface area contributed by atoms with Gasteiger partial charge in [0.15, 0.2) is 0 Å². The Morgan fingerprint density at radius 2 is 2.07 bits per heavy atom. The van der Waals surface area contributed by atoms with Crippen molar-refractivity contribution in [2.75, 3.05) is 0 Å². The van der Waals surface area contributed by atoms with Gasteiger partial charge in [0, 0.05) is 19.2 Å². The van der Waals surface area contributed by atoms with Crippen LogP contribution in [0.1, 0.15) is 6.93 Å². The van der Waals surface area contributed by atoms with Crippen LogP contribution < -0.4 is 0 Å². The second-order valence-electron chi connectivity index (χ2n) is 3.17. The van der Waals surface area contributed by atoms with E-state index in [1.54, 1.807) is 12.1 Å². The number of aryl methyl sites for hydroxylation is 1. The van der Waals surface area contributed by atoms with Crippen LogP contribution in [0.15, 0.2) is 36.5 Å². The molecule has 1 heterocycles. The first-order chi connectivity index (χ1) is 7.70. The van der Waals surface area contributed by atoms with E-state index in [9.17, 15) is 8.78 Å². The summed E-state index contributed by atoms with van der Waals surface area (Å²) in [5.41, 5.74) is 1.41. The third-order valence-corrected chi connectivity index (χ3v) is 2.03. The molecule has 0 fully saturated rings. The van der Waals surface area contributed by atoms with Gasteiger partial charge in [-0.25, -0.2) is 8.78 Å². The van der Waals surface area contributed by atoms with Gasteiger partial charge >= 0.3 is 0 Å². The number of hydrogen-bond acceptors (Lipinski definition) is 1. The molecule has 0 spiro atoms. The van der Waals surface area contributed by atoms with Gasteiger partial charge in [0.1, 0.15) is 11.6 Å². The van der Waals surface area contributed by atoms with Crippen LogP contribution in [-0.4, -0.2) is 4.98 Å². The molecule has 0 aliphatic carbocycles. The normalized spacial score (nSPS) is 11.2. The maximum absolute atomic E-state index is 13.4. The van der Waals surface area contributed by atoms with Gasteiger partial charge in [-0.05, 0) is 36.7 Å². The van der Waals surface area contributed by atoms with Crippen LogP contribution in [0.5, 0.6) is 0 Å². The van der Waals surface area contributed by atoms with Gasteiger partial charge in [0.25, 0.3) is 0 Å². The summed E-state index contributed by atoms with van der Waals surface area (Å²) in [6, 6.07) is 6.68. The van der Waals surface area contributed by atoms with Gasteiger partial charge in [-0.3, -0.25) is 4.98 Å². The fraction of sp³-hybridized carbons (Fsp3) is 0.0833. The molecule has 0 aliphatic rings. The lowest BCUT2D eigenvalue weighted by molar-refractivity contribution is 0.585. The molecule has 0 radical (unpaired) electrons. The van der Waals surface area contributed by atoms with E-state index in [1.807, 2.05) is 0 Å². The monoisotopic (exact) mass is 206 g/mol. The fourth-order valence-corrected chi connectivity index (χ4v) is 1.32. The highest BCUT2D eigenvalue weighted by molar-refractivity contribution is 5.60. The predicted molar refractivity (Wildman–Crippen MR) is 54.3 cm³/mol. The van der Waals surface area contributed by atoms with Crippen molar-refractivity contribution in [1.82, 2.24) is 4.98 Å². The zero-order valence-corrected chi connectivity index (χ0v) is 7.87. The van der Waals surface area contributed by atoms with Gasteiger partial charge < -0.3 is 0 Å². The lowest BCUT2D eigenvalue weighted by Crippen LogP contribution is -1.89. The Hall–Kier alpha value is -1.77. The highest BCUT2D eigenvalue weighted by Gasteiger charge is 2.07. The Balaban J connectivity index is 2.49. The molecule has 2 aromatic rings. The third kappa shape index (κ3) is 2.01. The Kier molecular flexibility index (Phi) is 2.14. The molecule has 3 heteroatoms. The zero-order chi connectivity index (χ0) is 11.5. The highest BCUT2D eigenvalue weighted by atomic mass is 19.1. The number of pyridine rings is 1. The zero-order valence-electron chi connectivity index (χ0n) is 8.87. The molecule has 0 saturated carbocycles. The van der Waals surface area contributed by atoms with Gasteiger partial charge in [-0.15, -0.1) is 0 Å². The minimum Gasteiger partial charge on any atom is -0.256 e. The molecule has 0 aliphatic heterocycles. The Morgan fingerprint density at radius 3 is 2.80 bits per heavy atom. The summed E-state index contributed by atoms with van der Waals surface area (Å²) in [6.45, 7) is 0.109. The standard InChI is InChI=1S/C12H9F2N/c1-8-4-5-15-12(6-8)10-3-2-9(13)7-11(10)14/h2-7H,1H3/i1D. The van der Waals surface area contributed by atoms with Crippen LogP contribution in [-0.2, 0) is 0 Å². The summed E-state index contributed by atoms with van der Waals surface area (Å²) >= 11 is 0. The molecule has 15 heavy (non-hydrogen) atoms. The van der Waals surface area contributed by atoms with E-state index < -0.39 is 11.6 Å². The molecule has 76 valence electrons. The van der Waals surface area contributed by atoms with Crippen molar-refractivity contribution >= 4 is 0 Å². The van der Waals surface area contributed by atoms with Gasteiger partial charge in [-0.2, -0.15) is 0 Å². The number of nitrogens with zero attached hydrogens (tertiary/aromatic N) is 1. The Labute approximate surface area is 87.8 Å². The lowest BCUT2D eigenvalue weighted by Gasteiger charge is -2.03. The second kappa shape index (κ2) is 3.77. The van der Waals surface area contributed by atoms with E-state index in [1.165, 1.54) is 18.3 Å². The quantitative estimate of drug-likeness (QED) is 0.697. The number of hydrogen-bond donors (Lipinski definition) is 0. The minimum atomic E-state index is -0.644. The molecular formula is C12H9F2N. The lowest BCUT2D eigenvalue weighted by atomic mass is 10.1.